The number of aliphatic carboxylic acids is 1. The van der Waals surface area contributed by atoms with Crippen molar-refractivity contribution < 1.29 is 33.4 Å². The zero-order chi connectivity index (χ0) is 31.3. The lowest BCUT2D eigenvalue weighted by atomic mass is 9.63. The fourth-order valence-electron chi connectivity index (χ4n) is 6.69. The Morgan fingerprint density at radius 3 is 2.14 bits per heavy atom. The van der Waals surface area contributed by atoms with E-state index in [9.17, 15) is 23.9 Å². The molecular formula is C34H37FINO6. The summed E-state index contributed by atoms with van der Waals surface area (Å²) in [6.45, 7) is 8.54. The minimum absolute atomic E-state index is 0.0267. The number of rotatable bonds is 8. The lowest BCUT2D eigenvalue weighted by molar-refractivity contribution is -0.137. The second-order valence-electron chi connectivity index (χ2n) is 13.3. The summed E-state index contributed by atoms with van der Waals surface area (Å²) in [7, 11) is 1.54. The number of hydrogen-bond donors (Lipinski definition) is 1. The summed E-state index contributed by atoms with van der Waals surface area (Å²) >= 11 is 2.17. The molecule has 1 N–H and O–H groups in total. The number of hydrogen-bond acceptors (Lipinski definition) is 6. The maximum Gasteiger partial charge on any atom is 0.305 e. The highest BCUT2D eigenvalue weighted by molar-refractivity contribution is 14.1. The molecule has 0 radical (unpaired) electrons. The van der Waals surface area contributed by atoms with Gasteiger partial charge in [-0.3, -0.25) is 14.4 Å². The van der Waals surface area contributed by atoms with Crippen molar-refractivity contribution in [3.8, 4) is 11.5 Å². The number of Topliss-reactive ketones (excluding diaryl/α,β-unsaturated/α-hetero) is 2. The number of carbonyl (C=O) groups excluding carboxylic acids is 2. The summed E-state index contributed by atoms with van der Waals surface area (Å²) in [5.41, 5.74) is 3.58. The molecule has 1 aliphatic heterocycles. The molecule has 43 heavy (non-hydrogen) atoms. The molecule has 0 bridgehead atoms. The Kier molecular flexibility index (Phi) is 8.50. The van der Waals surface area contributed by atoms with Crippen LogP contribution in [-0.4, -0.2) is 41.2 Å². The summed E-state index contributed by atoms with van der Waals surface area (Å²) in [6, 6.07) is 9.96. The Morgan fingerprint density at radius 1 is 1.00 bits per heavy atom. The molecule has 3 aliphatic rings. The Hall–Kier alpha value is -3.21. The Labute approximate surface area is 265 Å². The first-order chi connectivity index (χ1) is 20.2. The standard InChI is InChI=1S/C34H37FINO6/c1-33(2)14-23-30(25(38)16-33)29(31-24(37(23)10-9-28(40)41)15-34(3,4)17-26(31)39)20-12-22(36)32(27(13-20)42-5)43-18-19-7-6-8-21(35)11-19/h6-8,11-13,29H,9-10,14-18H2,1-5H3,(H,40,41). The van der Waals surface area contributed by atoms with Gasteiger partial charge >= 0.3 is 5.97 Å². The molecule has 228 valence electrons. The molecule has 0 fully saturated rings. The molecule has 0 amide bonds. The third kappa shape index (κ3) is 6.37. The van der Waals surface area contributed by atoms with E-state index in [2.05, 4.69) is 50.3 Å². The molecule has 2 aliphatic carbocycles. The number of carboxylic acid groups (broad SMARTS) is 1. The number of halogens is 2. The van der Waals surface area contributed by atoms with Crippen LogP contribution in [0, 0.1) is 20.2 Å². The van der Waals surface area contributed by atoms with Crippen LogP contribution in [0.5, 0.6) is 11.5 Å². The lowest BCUT2D eigenvalue weighted by Gasteiger charge is -2.49. The molecule has 9 heteroatoms. The first-order valence-electron chi connectivity index (χ1n) is 14.5. The molecule has 2 aromatic carbocycles. The molecule has 0 saturated carbocycles. The molecule has 0 saturated heterocycles. The van der Waals surface area contributed by atoms with E-state index < -0.39 is 11.9 Å². The van der Waals surface area contributed by atoms with Gasteiger partial charge in [0.1, 0.15) is 12.4 Å². The van der Waals surface area contributed by atoms with Crippen LogP contribution in [0.25, 0.3) is 0 Å². The number of allylic oxidation sites excluding steroid dienone is 4. The third-order valence-corrected chi connectivity index (χ3v) is 9.23. The minimum Gasteiger partial charge on any atom is -0.493 e. The van der Waals surface area contributed by atoms with Crippen molar-refractivity contribution >= 4 is 40.1 Å². The van der Waals surface area contributed by atoms with Gasteiger partial charge < -0.3 is 19.5 Å². The number of benzene rings is 2. The molecule has 2 aromatic rings. The number of nitrogens with zero attached hydrogens (tertiary/aromatic N) is 1. The predicted octanol–water partition coefficient (Wildman–Crippen LogP) is 7.18. The van der Waals surface area contributed by atoms with E-state index in [1.165, 1.54) is 19.2 Å². The van der Waals surface area contributed by atoms with Gasteiger partial charge in [0.2, 0.25) is 0 Å². The second-order valence-corrected chi connectivity index (χ2v) is 14.4. The van der Waals surface area contributed by atoms with Crippen LogP contribution in [0.3, 0.4) is 0 Å². The highest BCUT2D eigenvalue weighted by Gasteiger charge is 2.49. The number of methoxy groups -OCH3 is 1. The van der Waals surface area contributed by atoms with Crippen LogP contribution < -0.4 is 9.47 Å². The normalized spacial score (nSPS) is 19.7. The van der Waals surface area contributed by atoms with Gasteiger partial charge in [-0.2, -0.15) is 0 Å². The number of ether oxygens (including phenoxy) is 2. The molecule has 5 rings (SSSR count). The minimum atomic E-state index is -0.928. The van der Waals surface area contributed by atoms with Gasteiger partial charge in [-0.25, -0.2) is 4.39 Å². The summed E-state index contributed by atoms with van der Waals surface area (Å²) in [6.07, 6.45) is 1.75. The van der Waals surface area contributed by atoms with Gasteiger partial charge in [0.25, 0.3) is 0 Å². The van der Waals surface area contributed by atoms with Crippen molar-refractivity contribution in [1.82, 2.24) is 4.90 Å². The molecule has 7 nitrogen and oxygen atoms in total. The highest BCUT2D eigenvalue weighted by Crippen LogP contribution is 2.55. The van der Waals surface area contributed by atoms with Crippen molar-refractivity contribution in [2.24, 2.45) is 10.8 Å². The van der Waals surface area contributed by atoms with Crippen molar-refractivity contribution in [2.75, 3.05) is 13.7 Å². The van der Waals surface area contributed by atoms with Gasteiger partial charge in [0.15, 0.2) is 23.1 Å². The Balaban J connectivity index is 1.66. The summed E-state index contributed by atoms with van der Waals surface area (Å²) in [5.74, 6) is -0.988. The van der Waals surface area contributed by atoms with E-state index in [-0.39, 0.29) is 47.8 Å². The van der Waals surface area contributed by atoms with Crippen LogP contribution in [0.2, 0.25) is 0 Å². The Morgan fingerprint density at radius 2 is 1.60 bits per heavy atom. The number of ketones is 2. The van der Waals surface area contributed by atoms with E-state index in [1.54, 1.807) is 12.1 Å². The average molecular weight is 702 g/mol. The second kappa shape index (κ2) is 11.7. The van der Waals surface area contributed by atoms with Crippen molar-refractivity contribution in [3.63, 3.8) is 0 Å². The quantitative estimate of drug-likeness (QED) is 0.292. The van der Waals surface area contributed by atoms with E-state index in [4.69, 9.17) is 9.47 Å². The van der Waals surface area contributed by atoms with Crippen LogP contribution in [0.1, 0.15) is 76.8 Å². The van der Waals surface area contributed by atoms with E-state index in [0.29, 0.717) is 53.9 Å². The zero-order valence-corrected chi connectivity index (χ0v) is 27.3. The van der Waals surface area contributed by atoms with Gasteiger partial charge in [0.05, 0.1) is 17.1 Å². The van der Waals surface area contributed by atoms with Crippen molar-refractivity contribution in [1.29, 1.82) is 0 Å². The molecule has 0 aromatic heterocycles. The van der Waals surface area contributed by atoms with Gasteiger partial charge in [-0.05, 0) is 81.7 Å². The fourth-order valence-corrected chi connectivity index (χ4v) is 7.47. The van der Waals surface area contributed by atoms with Crippen molar-refractivity contribution in [3.05, 3.63) is 79.5 Å². The average Bonchev–Trinajstić information content (AvgIpc) is 2.89. The predicted molar refractivity (Wildman–Crippen MR) is 168 cm³/mol. The maximum atomic E-state index is 14.0. The summed E-state index contributed by atoms with van der Waals surface area (Å²) < 4.78 is 26.3. The summed E-state index contributed by atoms with van der Waals surface area (Å²) in [4.78, 5) is 41.7. The lowest BCUT2D eigenvalue weighted by Crippen LogP contribution is -2.45. The third-order valence-electron chi connectivity index (χ3n) is 8.43. The topological polar surface area (TPSA) is 93.1 Å². The number of carbonyl (C=O) groups is 3. The van der Waals surface area contributed by atoms with Crippen LogP contribution in [-0.2, 0) is 21.0 Å². The van der Waals surface area contributed by atoms with Crippen LogP contribution in [0.4, 0.5) is 4.39 Å². The first kappa shape index (κ1) is 31.2. The van der Waals surface area contributed by atoms with Crippen molar-refractivity contribution in [2.45, 2.75) is 72.3 Å². The van der Waals surface area contributed by atoms with Gasteiger partial charge in [-0.1, -0.05) is 39.8 Å². The largest absolute Gasteiger partial charge is 0.493 e. The molecule has 0 unspecified atom stereocenters. The zero-order valence-electron chi connectivity index (χ0n) is 25.2. The summed E-state index contributed by atoms with van der Waals surface area (Å²) in [5, 5.41) is 9.58. The van der Waals surface area contributed by atoms with E-state index >= 15 is 0 Å². The van der Waals surface area contributed by atoms with Crippen LogP contribution in [0.15, 0.2) is 58.9 Å². The molecular weight excluding hydrogens is 664 g/mol. The van der Waals surface area contributed by atoms with E-state index in [0.717, 1.165) is 20.5 Å². The fraction of sp³-hybridized carbons (Fsp3) is 0.441. The van der Waals surface area contributed by atoms with Crippen LogP contribution >= 0.6 is 22.6 Å². The number of carboxylic acids is 1. The molecule has 0 spiro atoms. The Bertz CT molecular complexity index is 1520. The maximum absolute atomic E-state index is 14.0. The molecule has 1 heterocycles. The SMILES string of the molecule is COc1cc(C2C3=C(CC(C)(C)CC3=O)N(CCC(=O)O)C3=C2C(=O)CC(C)(C)C3)cc(I)c1OCc1cccc(F)c1. The highest BCUT2D eigenvalue weighted by atomic mass is 127. The van der Waals surface area contributed by atoms with E-state index in [1.807, 2.05) is 17.0 Å². The van der Waals surface area contributed by atoms with Gasteiger partial charge in [-0.15, -0.1) is 0 Å². The molecule has 0 atom stereocenters. The van der Waals surface area contributed by atoms with Gasteiger partial charge in [0, 0.05) is 47.8 Å². The first-order valence-corrected chi connectivity index (χ1v) is 15.5. The monoisotopic (exact) mass is 701 g/mol. The smallest absolute Gasteiger partial charge is 0.305 e.